The highest BCUT2D eigenvalue weighted by Crippen LogP contribution is 2.24. The molecule has 0 bridgehead atoms. The van der Waals surface area contributed by atoms with Crippen LogP contribution in [0.25, 0.3) is 0 Å². The first-order valence-electron chi connectivity index (χ1n) is 6.66. The first kappa shape index (κ1) is 14.7. The first-order chi connectivity index (χ1) is 9.56. The van der Waals surface area contributed by atoms with Gasteiger partial charge < -0.3 is 5.32 Å². The fraction of sp³-hybridized carbons (Fsp3) is 0.235. The minimum atomic E-state index is -0.126. The summed E-state index contributed by atoms with van der Waals surface area (Å²) in [6.07, 6.45) is 0. The largest absolute Gasteiger partial charge is 0.325 e. The molecule has 0 unspecified atom stereocenters. The van der Waals surface area contributed by atoms with Crippen LogP contribution < -0.4 is 5.32 Å². The number of aryl methyl sites for hydroxylation is 2. The number of nitrogens with one attached hydrogen (secondary N) is 1. The van der Waals surface area contributed by atoms with E-state index in [0.29, 0.717) is 0 Å². The minimum Gasteiger partial charge on any atom is -0.325 e. The Morgan fingerprint density at radius 2 is 1.75 bits per heavy atom. The van der Waals surface area contributed by atoms with Gasteiger partial charge in [0.2, 0.25) is 5.91 Å². The van der Waals surface area contributed by atoms with E-state index < -0.39 is 0 Å². The zero-order valence-corrected chi connectivity index (χ0v) is 12.8. The molecule has 1 N–H and O–H groups in total. The predicted octanol–water partition coefficient (Wildman–Crippen LogP) is 4.42. The highest BCUT2D eigenvalue weighted by Gasteiger charge is 2.14. The van der Waals surface area contributed by atoms with Crippen molar-refractivity contribution in [2.45, 2.75) is 30.9 Å². The summed E-state index contributed by atoms with van der Waals surface area (Å²) >= 11 is 1.57. The molecule has 0 heterocycles. The quantitative estimate of drug-likeness (QED) is 0.842. The van der Waals surface area contributed by atoms with Gasteiger partial charge in [0.05, 0.1) is 5.25 Å². The van der Waals surface area contributed by atoms with Gasteiger partial charge in [0.1, 0.15) is 0 Å². The monoisotopic (exact) mass is 285 g/mol. The summed E-state index contributed by atoms with van der Waals surface area (Å²) in [5.41, 5.74) is 3.28. The zero-order valence-electron chi connectivity index (χ0n) is 12.0. The number of hydrogen-bond donors (Lipinski definition) is 1. The van der Waals surface area contributed by atoms with E-state index in [1.165, 1.54) is 11.1 Å². The predicted molar refractivity (Wildman–Crippen MR) is 86.3 cm³/mol. The van der Waals surface area contributed by atoms with E-state index in [1.807, 2.05) is 62.4 Å². The van der Waals surface area contributed by atoms with Crippen LogP contribution in [0.2, 0.25) is 0 Å². The number of anilines is 1. The number of hydrogen-bond acceptors (Lipinski definition) is 2. The molecule has 0 saturated heterocycles. The molecular weight excluding hydrogens is 266 g/mol. The van der Waals surface area contributed by atoms with Gasteiger partial charge >= 0.3 is 0 Å². The second-order valence-corrected chi connectivity index (χ2v) is 6.28. The summed E-state index contributed by atoms with van der Waals surface area (Å²) in [7, 11) is 0. The number of rotatable bonds is 4. The van der Waals surface area contributed by atoms with E-state index in [4.69, 9.17) is 0 Å². The number of amides is 1. The minimum absolute atomic E-state index is 0.0297. The van der Waals surface area contributed by atoms with Gasteiger partial charge in [-0.2, -0.15) is 0 Å². The zero-order chi connectivity index (χ0) is 14.5. The van der Waals surface area contributed by atoms with Crippen LogP contribution in [0.15, 0.2) is 53.4 Å². The van der Waals surface area contributed by atoms with Crippen LogP contribution in [0, 0.1) is 13.8 Å². The van der Waals surface area contributed by atoms with Crippen LogP contribution in [0.1, 0.15) is 18.1 Å². The highest BCUT2D eigenvalue weighted by atomic mass is 32.2. The van der Waals surface area contributed by atoms with Crippen molar-refractivity contribution in [1.29, 1.82) is 0 Å². The maximum Gasteiger partial charge on any atom is 0.237 e. The summed E-state index contributed by atoms with van der Waals surface area (Å²) in [5.74, 6) is 0.0297. The Hall–Kier alpha value is -1.74. The van der Waals surface area contributed by atoms with Crippen molar-refractivity contribution in [2.75, 3.05) is 5.32 Å². The third kappa shape index (κ3) is 3.87. The molecule has 0 aliphatic rings. The molecule has 0 aromatic heterocycles. The molecule has 1 atom stereocenters. The van der Waals surface area contributed by atoms with E-state index >= 15 is 0 Å². The standard InChI is InChI=1S/C17H19NOS/c1-12-9-10-15(11-13(12)2)18-17(19)14(3)20-16-7-5-4-6-8-16/h4-11,14H,1-3H3,(H,18,19)/t14-/m0/s1. The number of carbonyl (C=O) groups excluding carboxylic acids is 1. The normalized spacial score (nSPS) is 11.9. The topological polar surface area (TPSA) is 29.1 Å². The van der Waals surface area contributed by atoms with Gasteiger partial charge in [0.15, 0.2) is 0 Å². The fourth-order valence-corrected chi connectivity index (χ4v) is 2.71. The van der Waals surface area contributed by atoms with Crippen molar-refractivity contribution in [2.24, 2.45) is 0 Å². The van der Waals surface area contributed by atoms with Gasteiger partial charge in [-0.3, -0.25) is 4.79 Å². The second kappa shape index (κ2) is 6.62. The molecular formula is C17H19NOS. The Bertz CT molecular complexity index is 595. The Kier molecular flexibility index (Phi) is 4.85. The summed E-state index contributed by atoms with van der Waals surface area (Å²) < 4.78 is 0. The van der Waals surface area contributed by atoms with Gasteiger partial charge in [-0.05, 0) is 56.2 Å². The summed E-state index contributed by atoms with van der Waals surface area (Å²) in [6, 6.07) is 16.0. The maximum atomic E-state index is 12.2. The van der Waals surface area contributed by atoms with Crippen molar-refractivity contribution in [1.82, 2.24) is 0 Å². The van der Waals surface area contributed by atoms with E-state index in [2.05, 4.69) is 12.2 Å². The Balaban J connectivity index is 1.99. The fourth-order valence-electron chi connectivity index (χ4n) is 1.82. The molecule has 1 amide bonds. The van der Waals surface area contributed by atoms with Crippen molar-refractivity contribution in [3.05, 3.63) is 59.7 Å². The van der Waals surface area contributed by atoms with Gasteiger partial charge in [-0.25, -0.2) is 0 Å². The lowest BCUT2D eigenvalue weighted by Crippen LogP contribution is -2.22. The molecule has 0 radical (unpaired) electrons. The lowest BCUT2D eigenvalue weighted by Gasteiger charge is -2.13. The molecule has 2 rings (SSSR count). The Morgan fingerprint density at radius 1 is 1.05 bits per heavy atom. The van der Waals surface area contributed by atoms with Crippen molar-refractivity contribution < 1.29 is 4.79 Å². The molecule has 2 nitrogen and oxygen atoms in total. The molecule has 0 spiro atoms. The van der Waals surface area contributed by atoms with E-state index in [9.17, 15) is 4.79 Å². The smallest absolute Gasteiger partial charge is 0.237 e. The average Bonchev–Trinajstić information content (AvgIpc) is 2.44. The van der Waals surface area contributed by atoms with Crippen LogP contribution in [-0.4, -0.2) is 11.2 Å². The Labute approximate surface area is 124 Å². The van der Waals surface area contributed by atoms with Gasteiger partial charge in [0.25, 0.3) is 0 Å². The first-order valence-corrected chi connectivity index (χ1v) is 7.54. The van der Waals surface area contributed by atoms with Crippen molar-refractivity contribution in [3.8, 4) is 0 Å². The molecule has 2 aromatic carbocycles. The van der Waals surface area contributed by atoms with Crippen molar-refractivity contribution in [3.63, 3.8) is 0 Å². The van der Waals surface area contributed by atoms with Gasteiger partial charge in [-0.1, -0.05) is 24.3 Å². The average molecular weight is 285 g/mol. The van der Waals surface area contributed by atoms with Gasteiger partial charge in [0, 0.05) is 10.6 Å². The number of thioether (sulfide) groups is 1. The number of carbonyl (C=O) groups is 1. The van der Waals surface area contributed by atoms with E-state index in [0.717, 1.165) is 10.6 Å². The van der Waals surface area contributed by atoms with Gasteiger partial charge in [-0.15, -0.1) is 11.8 Å². The molecule has 0 aliphatic heterocycles. The second-order valence-electron chi connectivity index (χ2n) is 4.86. The molecule has 0 fully saturated rings. The number of benzene rings is 2. The highest BCUT2D eigenvalue weighted by molar-refractivity contribution is 8.00. The lowest BCUT2D eigenvalue weighted by atomic mass is 10.1. The Morgan fingerprint density at radius 3 is 2.40 bits per heavy atom. The lowest BCUT2D eigenvalue weighted by molar-refractivity contribution is -0.115. The third-order valence-corrected chi connectivity index (χ3v) is 4.31. The summed E-state index contributed by atoms with van der Waals surface area (Å²) in [6.45, 7) is 6.04. The van der Waals surface area contributed by atoms with E-state index in [1.54, 1.807) is 11.8 Å². The van der Waals surface area contributed by atoms with Crippen LogP contribution in [0.3, 0.4) is 0 Å². The van der Waals surface area contributed by atoms with Crippen LogP contribution in [-0.2, 0) is 4.79 Å². The van der Waals surface area contributed by atoms with Crippen LogP contribution in [0.5, 0.6) is 0 Å². The molecule has 3 heteroatoms. The molecule has 20 heavy (non-hydrogen) atoms. The maximum absolute atomic E-state index is 12.2. The third-order valence-electron chi connectivity index (χ3n) is 3.20. The molecule has 2 aromatic rings. The molecule has 0 aliphatic carbocycles. The summed E-state index contributed by atoms with van der Waals surface area (Å²) in [5, 5.41) is 2.84. The summed E-state index contributed by atoms with van der Waals surface area (Å²) in [4.78, 5) is 13.3. The van der Waals surface area contributed by atoms with Crippen LogP contribution in [0.4, 0.5) is 5.69 Å². The molecule has 104 valence electrons. The van der Waals surface area contributed by atoms with Crippen molar-refractivity contribution >= 4 is 23.4 Å². The van der Waals surface area contributed by atoms with E-state index in [-0.39, 0.29) is 11.2 Å². The SMILES string of the molecule is Cc1ccc(NC(=O)[C@H](C)Sc2ccccc2)cc1C. The molecule has 0 saturated carbocycles. The van der Waals surface area contributed by atoms with Crippen LogP contribution >= 0.6 is 11.8 Å².